The number of pyridine rings is 1. The van der Waals surface area contributed by atoms with Gasteiger partial charge in [0.25, 0.3) is 5.91 Å². The highest BCUT2D eigenvalue weighted by Crippen LogP contribution is 2.68. The third-order valence-electron chi connectivity index (χ3n) is 7.35. The molecule has 9 nitrogen and oxygen atoms in total. The molecular weight excluding hydrogens is 476 g/mol. The lowest BCUT2D eigenvalue weighted by Gasteiger charge is -2.71. The molecule has 1 amide bonds. The van der Waals surface area contributed by atoms with Crippen LogP contribution in [-0.2, 0) is 6.54 Å². The number of hydrogen-bond acceptors (Lipinski definition) is 8. The molecule has 3 aromatic rings. The normalized spacial score (nSPS) is 21.4. The number of aromatic nitrogens is 3. The van der Waals surface area contributed by atoms with Gasteiger partial charge in [-0.15, -0.1) is 10.2 Å². The van der Waals surface area contributed by atoms with E-state index in [-0.39, 0.29) is 17.5 Å². The van der Waals surface area contributed by atoms with Gasteiger partial charge in [-0.1, -0.05) is 30.3 Å². The van der Waals surface area contributed by atoms with E-state index in [0.29, 0.717) is 22.6 Å². The van der Waals surface area contributed by atoms with Gasteiger partial charge in [0.15, 0.2) is 11.6 Å². The first-order valence-corrected chi connectivity index (χ1v) is 13.3. The molecule has 6 rings (SSSR count). The molecule has 3 saturated carbocycles. The molecule has 3 aliphatic rings. The molecule has 3 aliphatic carbocycles. The van der Waals surface area contributed by atoms with Crippen molar-refractivity contribution in [2.75, 3.05) is 48.5 Å². The Labute approximate surface area is 225 Å². The summed E-state index contributed by atoms with van der Waals surface area (Å²) in [6.07, 6.45) is 3.25. The van der Waals surface area contributed by atoms with Crippen LogP contribution in [-0.4, -0.2) is 65.3 Å². The Morgan fingerprint density at radius 3 is 2.29 bits per heavy atom. The molecule has 38 heavy (non-hydrogen) atoms. The number of amides is 1. The number of benzene rings is 1. The Hall–Kier alpha value is -3.72. The van der Waals surface area contributed by atoms with E-state index in [0.717, 1.165) is 44.0 Å². The van der Waals surface area contributed by atoms with Crippen molar-refractivity contribution >= 4 is 29.2 Å². The predicted molar refractivity (Wildman–Crippen MR) is 153 cm³/mol. The number of rotatable bonds is 11. The van der Waals surface area contributed by atoms with Crippen LogP contribution in [0.5, 0.6) is 0 Å². The SMILES string of the molecule is CC(C)Nc1ccc(C(=O)Nc2ccc(N(C)C)nn2)c(NC23CC(CN(C)Cc4ccccc4)(C2)C3)n1. The summed E-state index contributed by atoms with van der Waals surface area (Å²) in [6, 6.07) is 18.1. The first-order valence-electron chi connectivity index (χ1n) is 13.3. The summed E-state index contributed by atoms with van der Waals surface area (Å²) in [5.41, 5.74) is 2.18. The number of hydrogen-bond donors (Lipinski definition) is 3. The minimum Gasteiger partial charge on any atom is -0.368 e. The topological polar surface area (TPSA) is 98.3 Å². The lowest BCUT2D eigenvalue weighted by atomic mass is 9.39. The van der Waals surface area contributed by atoms with Gasteiger partial charge in [0.2, 0.25) is 0 Å². The van der Waals surface area contributed by atoms with Crippen molar-refractivity contribution in [2.45, 2.75) is 51.2 Å². The molecule has 2 heterocycles. The Bertz CT molecular complexity index is 1260. The smallest absolute Gasteiger partial charge is 0.260 e. The van der Waals surface area contributed by atoms with Crippen LogP contribution in [0.4, 0.5) is 23.3 Å². The van der Waals surface area contributed by atoms with E-state index in [1.807, 2.05) is 37.2 Å². The molecule has 200 valence electrons. The van der Waals surface area contributed by atoms with E-state index < -0.39 is 0 Å². The summed E-state index contributed by atoms with van der Waals surface area (Å²) < 4.78 is 0. The number of anilines is 4. The van der Waals surface area contributed by atoms with Crippen LogP contribution in [0.25, 0.3) is 0 Å². The van der Waals surface area contributed by atoms with E-state index in [1.165, 1.54) is 5.56 Å². The first kappa shape index (κ1) is 25.9. The van der Waals surface area contributed by atoms with Gasteiger partial charge in [0.1, 0.15) is 11.6 Å². The second-order valence-electron chi connectivity index (χ2n) is 11.6. The molecule has 0 unspecified atom stereocenters. The molecule has 3 N–H and O–H groups in total. The summed E-state index contributed by atoms with van der Waals surface area (Å²) >= 11 is 0. The van der Waals surface area contributed by atoms with E-state index in [9.17, 15) is 4.79 Å². The Balaban J connectivity index is 1.26. The van der Waals surface area contributed by atoms with Gasteiger partial charge in [0.05, 0.1) is 5.56 Å². The molecule has 0 atom stereocenters. The minimum absolute atomic E-state index is 0.000758. The highest BCUT2D eigenvalue weighted by molar-refractivity contribution is 6.07. The van der Waals surface area contributed by atoms with Crippen molar-refractivity contribution in [3.05, 3.63) is 65.7 Å². The average Bonchev–Trinajstić information content (AvgIpc) is 2.82. The lowest BCUT2D eigenvalue weighted by Crippen LogP contribution is -2.73. The standard InChI is InChI=1S/C29H38N8O/c1-20(2)30-23-12-11-22(27(38)32-24-13-14-25(35-34-24)36(3)4)26(31-23)33-29-16-28(17-29,18-29)19-37(5)15-21-9-7-6-8-10-21/h6-14,20H,15-19H2,1-5H3,(H2,30,31,33)(H,32,34,38). The quantitative estimate of drug-likeness (QED) is 0.345. The number of nitrogens with zero attached hydrogens (tertiary/aromatic N) is 5. The number of carbonyl (C=O) groups excluding carboxylic acids is 1. The zero-order valence-corrected chi connectivity index (χ0v) is 23.0. The zero-order valence-electron chi connectivity index (χ0n) is 23.0. The van der Waals surface area contributed by atoms with Crippen LogP contribution in [0, 0.1) is 5.41 Å². The lowest BCUT2D eigenvalue weighted by molar-refractivity contribution is -0.132. The third-order valence-corrected chi connectivity index (χ3v) is 7.35. The van der Waals surface area contributed by atoms with Crippen LogP contribution >= 0.6 is 0 Å². The molecular formula is C29H38N8O. The maximum atomic E-state index is 13.3. The molecule has 0 radical (unpaired) electrons. The molecule has 0 saturated heterocycles. The first-order chi connectivity index (χ1) is 18.1. The molecule has 3 fully saturated rings. The third kappa shape index (κ3) is 5.57. The molecule has 0 aliphatic heterocycles. The summed E-state index contributed by atoms with van der Waals surface area (Å²) in [5, 5.41) is 18.2. The summed E-state index contributed by atoms with van der Waals surface area (Å²) in [5.74, 6) is 2.23. The second kappa shape index (κ2) is 10.2. The van der Waals surface area contributed by atoms with Crippen LogP contribution in [0.1, 0.15) is 49.0 Å². The highest BCUT2D eigenvalue weighted by Gasteiger charge is 2.68. The Kier molecular flexibility index (Phi) is 6.96. The summed E-state index contributed by atoms with van der Waals surface area (Å²) in [6.45, 7) is 6.17. The fraction of sp³-hybridized carbons (Fsp3) is 0.448. The van der Waals surface area contributed by atoms with E-state index in [1.54, 1.807) is 6.07 Å². The van der Waals surface area contributed by atoms with E-state index >= 15 is 0 Å². The predicted octanol–water partition coefficient (Wildman–Crippen LogP) is 4.48. The minimum atomic E-state index is -0.257. The fourth-order valence-electron chi connectivity index (χ4n) is 6.00. The number of carbonyl (C=O) groups is 1. The van der Waals surface area contributed by atoms with Crippen molar-refractivity contribution in [2.24, 2.45) is 5.41 Å². The maximum absolute atomic E-state index is 13.3. The highest BCUT2D eigenvalue weighted by atomic mass is 16.1. The average molecular weight is 515 g/mol. The molecule has 0 spiro atoms. The van der Waals surface area contributed by atoms with Gasteiger partial charge in [-0.25, -0.2) is 4.98 Å². The second-order valence-corrected chi connectivity index (χ2v) is 11.6. The van der Waals surface area contributed by atoms with Gasteiger partial charge < -0.3 is 25.8 Å². The maximum Gasteiger partial charge on any atom is 0.260 e. The van der Waals surface area contributed by atoms with Crippen molar-refractivity contribution in [3.8, 4) is 0 Å². The Morgan fingerprint density at radius 1 is 0.947 bits per heavy atom. The van der Waals surface area contributed by atoms with E-state index in [4.69, 9.17) is 4.98 Å². The fourth-order valence-corrected chi connectivity index (χ4v) is 6.00. The van der Waals surface area contributed by atoms with Gasteiger partial charge in [-0.05, 0) is 75.4 Å². The van der Waals surface area contributed by atoms with Crippen molar-refractivity contribution in [1.29, 1.82) is 0 Å². The van der Waals surface area contributed by atoms with Crippen LogP contribution in [0.15, 0.2) is 54.6 Å². The van der Waals surface area contributed by atoms with Crippen molar-refractivity contribution in [3.63, 3.8) is 0 Å². The molecule has 9 heteroatoms. The molecule has 1 aromatic carbocycles. The van der Waals surface area contributed by atoms with Gasteiger partial charge >= 0.3 is 0 Å². The number of nitrogens with one attached hydrogen (secondary N) is 3. The van der Waals surface area contributed by atoms with Gasteiger partial charge in [0, 0.05) is 38.8 Å². The van der Waals surface area contributed by atoms with Crippen molar-refractivity contribution < 1.29 is 4.79 Å². The van der Waals surface area contributed by atoms with Crippen LogP contribution in [0.2, 0.25) is 0 Å². The van der Waals surface area contributed by atoms with Crippen LogP contribution in [0.3, 0.4) is 0 Å². The van der Waals surface area contributed by atoms with Gasteiger partial charge in [-0.3, -0.25) is 4.79 Å². The molecule has 2 aromatic heterocycles. The van der Waals surface area contributed by atoms with Crippen molar-refractivity contribution in [1.82, 2.24) is 20.1 Å². The largest absolute Gasteiger partial charge is 0.368 e. The molecule has 2 bridgehead atoms. The summed E-state index contributed by atoms with van der Waals surface area (Å²) in [7, 11) is 6.00. The monoisotopic (exact) mass is 514 g/mol. The van der Waals surface area contributed by atoms with Crippen LogP contribution < -0.4 is 20.9 Å². The summed E-state index contributed by atoms with van der Waals surface area (Å²) in [4.78, 5) is 22.4. The zero-order chi connectivity index (χ0) is 26.9. The van der Waals surface area contributed by atoms with Gasteiger partial charge in [-0.2, -0.15) is 0 Å². The Morgan fingerprint density at radius 2 is 1.66 bits per heavy atom. The van der Waals surface area contributed by atoms with E-state index in [2.05, 4.69) is 82.3 Å².